The molecular weight excluding hydrogens is 402 g/mol. The second-order valence-electron chi connectivity index (χ2n) is 7.28. The maximum Gasteiger partial charge on any atom is 0.262 e. The number of thioether (sulfide) groups is 1. The number of H-pyrrole nitrogens is 1. The third kappa shape index (κ3) is 4.11. The number of nitrogens with zero attached hydrogens (tertiary/aromatic N) is 2. The van der Waals surface area contributed by atoms with Gasteiger partial charge in [-0.25, -0.2) is 4.98 Å². The van der Waals surface area contributed by atoms with Crippen LogP contribution in [0.4, 0.5) is 0 Å². The summed E-state index contributed by atoms with van der Waals surface area (Å²) >= 11 is 1.21. The normalized spacial score (nSPS) is 12.3. The van der Waals surface area contributed by atoms with Crippen molar-refractivity contribution < 1.29 is 14.3 Å². The van der Waals surface area contributed by atoms with Crippen molar-refractivity contribution in [3.05, 3.63) is 57.1 Å². The SMILES string of the molecule is COC[C@@H](C)n1c(SCC(=O)c2[nH]c(C)c(C(C)=O)c2C)nc2ccccc2c1=O. The molecule has 30 heavy (non-hydrogen) atoms. The predicted molar refractivity (Wildman–Crippen MR) is 118 cm³/mol. The molecule has 0 saturated heterocycles. The molecule has 1 atom stereocenters. The van der Waals surface area contributed by atoms with E-state index in [1.54, 1.807) is 43.7 Å². The molecule has 2 heterocycles. The van der Waals surface area contributed by atoms with Crippen LogP contribution < -0.4 is 5.56 Å². The number of hydrogen-bond donors (Lipinski definition) is 1. The van der Waals surface area contributed by atoms with E-state index in [-0.39, 0.29) is 28.9 Å². The van der Waals surface area contributed by atoms with Gasteiger partial charge >= 0.3 is 0 Å². The summed E-state index contributed by atoms with van der Waals surface area (Å²) in [5, 5.41) is 0.988. The van der Waals surface area contributed by atoms with Crippen molar-refractivity contribution in [1.29, 1.82) is 0 Å². The second-order valence-corrected chi connectivity index (χ2v) is 8.23. The zero-order valence-electron chi connectivity index (χ0n) is 17.7. The number of Topliss-reactive ketones (excluding diaryl/α,β-unsaturated/α-hetero) is 2. The maximum absolute atomic E-state index is 13.1. The van der Waals surface area contributed by atoms with Crippen LogP contribution >= 0.6 is 11.8 Å². The van der Waals surface area contributed by atoms with Crippen LogP contribution in [0.5, 0.6) is 0 Å². The molecule has 0 amide bonds. The van der Waals surface area contributed by atoms with Crippen LogP contribution in [0.3, 0.4) is 0 Å². The van der Waals surface area contributed by atoms with Gasteiger partial charge in [0.15, 0.2) is 16.7 Å². The lowest BCUT2D eigenvalue weighted by Crippen LogP contribution is -2.28. The van der Waals surface area contributed by atoms with Gasteiger partial charge in [0.1, 0.15) is 0 Å². The first-order chi connectivity index (χ1) is 14.3. The van der Waals surface area contributed by atoms with Crippen molar-refractivity contribution in [2.24, 2.45) is 0 Å². The van der Waals surface area contributed by atoms with Crippen LogP contribution in [0.25, 0.3) is 10.9 Å². The molecule has 0 bridgehead atoms. The highest BCUT2D eigenvalue weighted by molar-refractivity contribution is 7.99. The summed E-state index contributed by atoms with van der Waals surface area (Å²) in [5.41, 5.74) is 2.74. The fourth-order valence-corrected chi connectivity index (χ4v) is 4.66. The van der Waals surface area contributed by atoms with E-state index in [0.29, 0.717) is 45.2 Å². The molecule has 0 spiro atoms. The number of rotatable bonds is 8. The van der Waals surface area contributed by atoms with Gasteiger partial charge in [0.05, 0.1) is 35.0 Å². The number of aromatic nitrogens is 3. The number of carbonyl (C=O) groups is 2. The Bertz CT molecular complexity index is 1180. The van der Waals surface area contributed by atoms with Gasteiger partial charge < -0.3 is 9.72 Å². The van der Waals surface area contributed by atoms with Crippen LogP contribution in [-0.4, -0.2) is 45.6 Å². The average Bonchev–Trinajstić information content (AvgIpc) is 3.00. The fraction of sp³-hybridized carbons (Fsp3) is 0.364. The lowest BCUT2D eigenvalue weighted by atomic mass is 10.1. The quantitative estimate of drug-likeness (QED) is 0.334. The molecule has 0 aliphatic carbocycles. The molecule has 158 valence electrons. The van der Waals surface area contributed by atoms with E-state index >= 15 is 0 Å². The summed E-state index contributed by atoms with van der Waals surface area (Å²) in [4.78, 5) is 45.5. The summed E-state index contributed by atoms with van der Waals surface area (Å²) in [6.07, 6.45) is 0. The number of para-hydroxylation sites is 1. The molecule has 7 nitrogen and oxygen atoms in total. The monoisotopic (exact) mass is 427 g/mol. The molecule has 1 aromatic carbocycles. The van der Waals surface area contributed by atoms with E-state index in [1.807, 2.05) is 13.0 Å². The number of aryl methyl sites for hydroxylation is 1. The molecule has 0 radical (unpaired) electrons. The number of ketones is 2. The van der Waals surface area contributed by atoms with Gasteiger partial charge in [-0.1, -0.05) is 23.9 Å². The highest BCUT2D eigenvalue weighted by Crippen LogP contribution is 2.24. The Morgan fingerprint density at radius 1 is 1.27 bits per heavy atom. The molecule has 0 unspecified atom stereocenters. The summed E-state index contributed by atoms with van der Waals surface area (Å²) < 4.78 is 6.81. The number of aromatic amines is 1. The van der Waals surface area contributed by atoms with Gasteiger partial charge in [-0.3, -0.25) is 19.0 Å². The highest BCUT2D eigenvalue weighted by atomic mass is 32.2. The molecule has 1 N–H and O–H groups in total. The Hall–Kier alpha value is -2.71. The minimum absolute atomic E-state index is 0.0774. The predicted octanol–water partition coefficient (Wildman–Crippen LogP) is 3.73. The number of benzene rings is 1. The summed E-state index contributed by atoms with van der Waals surface area (Å²) in [5.74, 6) is -0.143. The van der Waals surface area contributed by atoms with E-state index in [0.717, 1.165) is 0 Å². The Balaban J connectivity index is 1.96. The first kappa shape index (κ1) is 22.0. The standard InChI is InChI=1S/C22H25N3O4S/c1-12(10-29-5)25-21(28)16-8-6-7-9-17(16)24-22(25)30-11-18(27)20-13(2)19(15(4)26)14(3)23-20/h6-9,12,23H,10-11H2,1-5H3/t12-/m1/s1. The lowest BCUT2D eigenvalue weighted by Gasteiger charge is -2.18. The van der Waals surface area contributed by atoms with E-state index in [2.05, 4.69) is 9.97 Å². The maximum atomic E-state index is 13.1. The Morgan fingerprint density at radius 2 is 1.97 bits per heavy atom. The van der Waals surface area contributed by atoms with E-state index < -0.39 is 0 Å². The number of hydrogen-bond acceptors (Lipinski definition) is 6. The van der Waals surface area contributed by atoms with Gasteiger partial charge in [0.2, 0.25) is 0 Å². The van der Waals surface area contributed by atoms with E-state index in [4.69, 9.17) is 4.74 Å². The van der Waals surface area contributed by atoms with E-state index in [1.165, 1.54) is 18.7 Å². The molecule has 0 saturated carbocycles. The highest BCUT2D eigenvalue weighted by Gasteiger charge is 2.22. The number of carbonyl (C=O) groups excluding carboxylic acids is 2. The number of nitrogens with one attached hydrogen (secondary N) is 1. The van der Waals surface area contributed by atoms with Gasteiger partial charge in [-0.15, -0.1) is 0 Å². The smallest absolute Gasteiger partial charge is 0.262 e. The van der Waals surface area contributed by atoms with Gasteiger partial charge in [0.25, 0.3) is 5.56 Å². The van der Waals surface area contributed by atoms with Crippen LogP contribution in [0.2, 0.25) is 0 Å². The van der Waals surface area contributed by atoms with Crippen molar-refractivity contribution >= 4 is 34.2 Å². The fourth-order valence-electron chi connectivity index (χ4n) is 3.69. The summed E-state index contributed by atoms with van der Waals surface area (Å²) in [6.45, 7) is 7.26. The van der Waals surface area contributed by atoms with Gasteiger partial charge in [-0.2, -0.15) is 0 Å². The third-order valence-corrected chi connectivity index (χ3v) is 5.98. The molecular formula is C22H25N3O4S. The van der Waals surface area contributed by atoms with E-state index in [9.17, 15) is 14.4 Å². The molecule has 0 aliphatic heterocycles. The zero-order chi connectivity index (χ0) is 22.0. The topological polar surface area (TPSA) is 94.1 Å². The molecule has 8 heteroatoms. The third-order valence-electron chi connectivity index (χ3n) is 5.02. The van der Waals surface area contributed by atoms with Crippen molar-refractivity contribution in [3.8, 4) is 0 Å². The number of fused-ring (bicyclic) bond motifs is 1. The van der Waals surface area contributed by atoms with Gasteiger partial charge in [0, 0.05) is 18.4 Å². The van der Waals surface area contributed by atoms with Crippen LogP contribution in [0.15, 0.2) is 34.2 Å². The first-order valence-electron chi connectivity index (χ1n) is 9.62. The molecule has 3 aromatic rings. The number of methoxy groups -OCH3 is 1. The largest absolute Gasteiger partial charge is 0.383 e. The van der Waals surface area contributed by atoms with Crippen LogP contribution in [0.1, 0.15) is 52.0 Å². The van der Waals surface area contributed by atoms with Crippen LogP contribution in [-0.2, 0) is 4.74 Å². The Morgan fingerprint density at radius 3 is 2.60 bits per heavy atom. The van der Waals surface area contributed by atoms with Crippen molar-refractivity contribution in [2.45, 2.75) is 38.9 Å². The Kier molecular flexibility index (Phi) is 6.58. The minimum atomic E-state index is -0.240. The van der Waals surface area contributed by atoms with Crippen molar-refractivity contribution in [1.82, 2.24) is 14.5 Å². The summed E-state index contributed by atoms with van der Waals surface area (Å²) in [6, 6.07) is 6.91. The second kappa shape index (κ2) is 8.97. The molecule has 0 aliphatic rings. The van der Waals surface area contributed by atoms with Crippen LogP contribution in [0, 0.1) is 13.8 Å². The zero-order valence-corrected chi connectivity index (χ0v) is 18.6. The van der Waals surface area contributed by atoms with Crippen molar-refractivity contribution in [3.63, 3.8) is 0 Å². The average molecular weight is 428 g/mol. The summed E-state index contributed by atoms with van der Waals surface area (Å²) in [7, 11) is 1.58. The Labute approximate surface area is 178 Å². The molecule has 0 fully saturated rings. The lowest BCUT2D eigenvalue weighted by molar-refractivity contribution is 0.101. The molecule has 2 aromatic heterocycles. The first-order valence-corrected chi connectivity index (χ1v) is 10.6. The van der Waals surface area contributed by atoms with Crippen molar-refractivity contribution in [2.75, 3.05) is 19.5 Å². The molecule has 3 rings (SSSR count). The minimum Gasteiger partial charge on any atom is -0.383 e. The van der Waals surface area contributed by atoms with Gasteiger partial charge in [-0.05, 0) is 45.4 Å². The number of ether oxygens (including phenoxy) is 1.